The number of rotatable bonds is 3. The second kappa shape index (κ2) is 4.65. The van der Waals surface area contributed by atoms with E-state index in [0.717, 1.165) is 18.2 Å². The van der Waals surface area contributed by atoms with Crippen LogP contribution in [0.4, 0.5) is 10.1 Å². The Morgan fingerprint density at radius 2 is 2.12 bits per heavy atom. The predicted octanol–water partition coefficient (Wildman–Crippen LogP) is 0.652. The van der Waals surface area contributed by atoms with Gasteiger partial charge in [-0.3, -0.25) is 10.1 Å². The fourth-order valence-electron chi connectivity index (χ4n) is 1.15. The van der Waals surface area contributed by atoms with Gasteiger partial charge in [-0.2, -0.15) is 9.65 Å². The van der Waals surface area contributed by atoms with Crippen LogP contribution in [0.25, 0.3) is 0 Å². The number of halogens is 1. The quantitative estimate of drug-likeness (QED) is 0.447. The summed E-state index contributed by atoms with van der Waals surface area (Å²) in [6, 6.07) is 4.45. The fraction of sp³-hybridized carbons (Fsp3) is 0.222. The monoisotopic (exact) mass is 226 g/mol. The van der Waals surface area contributed by atoms with Gasteiger partial charge in [0.2, 0.25) is 5.82 Å². The van der Waals surface area contributed by atoms with Crippen molar-refractivity contribution in [2.45, 2.75) is 12.2 Å². The molecule has 0 radical (unpaired) electrons. The third-order valence-corrected chi connectivity index (χ3v) is 1.95. The topological polar surface area (TPSA) is 107 Å². The van der Waals surface area contributed by atoms with Crippen LogP contribution in [-0.2, 0) is 0 Å². The summed E-state index contributed by atoms with van der Waals surface area (Å²) >= 11 is 0. The number of nitro benzene ring substituents is 1. The van der Waals surface area contributed by atoms with E-state index in [1.165, 1.54) is 6.07 Å². The number of nitriles is 1. The molecule has 2 N–H and O–H groups in total. The van der Waals surface area contributed by atoms with Gasteiger partial charge >= 0.3 is 5.69 Å². The molecule has 0 spiro atoms. The van der Waals surface area contributed by atoms with Crippen LogP contribution in [0.3, 0.4) is 0 Å². The molecule has 16 heavy (non-hydrogen) atoms. The van der Waals surface area contributed by atoms with Crippen molar-refractivity contribution >= 4 is 5.69 Å². The molecule has 0 saturated heterocycles. The summed E-state index contributed by atoms with van der Waals surface area (Å²) in [7, 11) is 0. The van der Waals surface area contributed by atoms with E-state index in [-0.39, 0.29) is 0 Å². The predicted molar refractivity (Wildman–Crippen MR) is 49.6 cm³/mol. The molecule has 0 fully saturated rings. The minimum absolute atomic E-state index is 0.483. The highest BCUT2D eigenvalue weighted by Crippen LogP contribution is 2.26. The Kier molecular flexibility index (Phi) is 3.50. The highest BCUT2D eigenvalue weighted by molar-refractivity contribution is 5.38. The Morgan fingerprint density at radius 3 is 2.62 bits per heavy atom. The number of aliphatic hydroxyl groups excluding tert-OH is 2. The van der Waals surface area contributed by atoms with Crippen molar-refractivity contribution in [1.29, 1.82) is 5.26 Å². The molecule has 1 aromatic rings. The summed E-state index contributed by atoms with van der Waals surface area (Å²) in [4.78, 5) is 9.44. The molecule has 6 nitrogen and oxygen atoms in total. The van der Waals surface area contributed by atoms with Gasteiger partial charge in [0, 0.05) is 11.6 Å². The lowest BCUT2D eigenvalue weighted by atomic mass is 10.0. The SMILES string of the molecule is N#CC(O)C(O)c1cccc([N+](=O)[O-])c1F. The first-order valence-corrected chi connectivity index (χ1v) is 4.17. The Hall–Kier alpha value is -2.04. The van der Waals surface area contributed by atoms with Gasteiger partial charge in [0.1, 0.15) is 6.10 Å². The number of hydrogen-bond acceptors (Lipinski definition) is 5. The van der Waals surface area contributed by atoms with Gasteiger partial charge in [0.15, 0.2) is 6.10 Å². The zero-order chi connectivity index (χ0) is 12.3. The summed E-state index contributed by atoms with van der Waals surface area (Å²) in [6.45, 7) is 0. The lowest BCUT2D eigenvalue weighted by Gasteiger charge is -2.12. The number of nitrogens with zero attached hydrogens (tertiary/aromatic N) is 2. The summed E-state index contributed by atoms with van der Waals surface area (Å²) in [5, 5.41) is 37.0. The van der Waals surface area contributed by atoms with Gasteiger partial charge in [-0.1, -0.05) is 12.1 Å². The standard InChI is InChI=1S/C9H7FN2O4/c10-8-5(9(14)7(13)4-11)2-1-3-6(8)12(15)16/h1-3,7,9,13-14H. The minimum Gasteiger partial charge on any atom is -0.384 e. The van der Waals surface area contributed by atoms with E-state index < -0.39 is 34.2 Å². The maximum absolute atomic E-state index is 13.4. The summed E-state index contributed by atoms with van der Waals surface area (Å²) in [6.07, 6.45) is -3.65. The maximum atomic E-state index is 13.4. The highest BCUT2D eigenvalue weighted by Gasteiger charge is 2.26. The van der Waals surface area contributed by atoms with Crippen LogP contribution in [0.2, 0.25) is 0 Å². The van der Waals surface area contributed by atoms with Crippen LogP contribution in [0.1, 0.15) is 11.7 Å². The maximum Gasteiger partial charge on any atom is 0.305 e. The molecular formula is C9H7FN2O4. The molecule has 1 aromatic carbocycles. The molecule has 0 bridgehead atoms. The van der Waals surface area contributed by atoms with Crippen molar-refractivity contribution in [2.24, 2.45) is 0 Å². The van der Waals surface area contributed by atoms with Crippen LogP contribution in [0.15, 0.2) is 18.2 Å². The zero-order valence-electron chi connectivity index (χ0n) is 7.87. The Balaban J connectivity index is 3.21. The van der Waals surface area contributed by atoms with E-state index >= 15 is 0 Å². The molecule has 0 saturated carbocycles. The van der Waals surface area contributed by atoms with Crippen molar-refractivity contribution in [3.05, 3.63) is 39.7 Å². The molecule has 0 aromatic heterocycles. The van der Waals surface area contributed by atoms with E-state index in [1.54, 1.807) is 0 Å². The number of benzene rings is 1. The molecule has 0 aliphatic heterocycles. The molecule has 1 rings (SSSR count). The molecule has 0 aliphatic rings. The van der Waals surface area contributed by atoms with E-state index in [0.29, 0.717) is 0 Å². The first kappa shape index (κ1) is 12.0. The number of nitro groups is 1. The lowest BCUT2D eigenvalue weighted by Crippen LogP contribution is -2.17. The summed E-state index contributed by atoms with van der Waals surface area (Å²) in [5.41, 5.74) is -1.30. The fourth-order valence-corrected chi connectivity index (χ4v) is 1.15. The van der Waals surface area contributed by atoms with Crippen LogP contribution < -0.4 is 0 Å². The average molecular weight is 226 g/mol. The summed E-state index contributed by atoms with van der Waals surface area (Å²) in [5.74, 6) is -1.26. The molecule has 0 heterocycles. The largest absolute Gasteiger partial charge is 0.384 e. The van der Waals surface area contributed by atoms with Crippen molar-refractivity contribution < 1.29 is 19.5 Å². The van der Waals surface area contributed by atoms with Crippen molar-refractivity contribution in [3.63, 3.8) is 0 Å². The van der Waals surface area contributed by atoms with Gasteiger partial charge in [0.25, 0.3) is 0 Å². The zero-order valence-corrected chi connectivity index (χ0v) is 7.87. The van der Waals surface area contributed by atoms with Gasteiger partial charge in [-0.15, -0.1) is 0 Å². The number of aliphatic hydroxyl groups is 2. The van der Waals surface area contributed by atoms with Crippen molar-refractivity contribution in [3.8, 4) is 6.07 Å². The van der Waals surface area contributed by atoms with Gasteiger partial charge in [-0.25, -0.2) is 0 Å². The van der Waals surface area contributed by atoms with E-state index in [1.807, 2.05) is 0 Å². The Morgan fingerprint density at radius 1 is 1.50 bits per heavy atom. The highest BCUT2D eigenvalue weighted by atomic mass is 19.1. The van der Waals surface area contributed by atoms with Gasteiger partial charge in [-0.05, 0) is 0 Å². The van der Waals surface area contributed by atoms with Crippen LogP contribution in [0.5, 0.6) is 0 Å². The van der Waals surface area contributed by atoms with Crippen LogP contribution in [0, 0.1) is 27.3 Å². The second-order valence-electron chi connectivity index (χ2n) is 2.96. The number of hydrogen-bond donors (Lipinski definition) is 2. The first-order valence-electron chi connectivity index (χ1n) is 4.17. The molecule has 84 valence electrons. The van der Waals surface area contributed by atoms with E-state index in [9.17, 15) is 19.6 Å². The molecule has 2 atom stereocenters. The average Bonchev–Trinajstić information content (AvgIpc) is 2.27. The lowest BCUT2D eigenvalue weighted by molar-refractivity contribution is -0.387. The molecular weight excluding hydrogens is 219 g/mol. The van der Waals surface area contributed by atoms with E-state index in [2.05, 4.69) is 0 Å². The van der Waals surface area contributed by atoms with Crippen molar-refractivity contribution in [2.75, 3.05) is 0 Å². The van der Waals surface area contributed by atoms with Crippen LogP contribution >= 0.6 is 0 Å². The summed E-state index contributed by atoms with van der Waals surface area (Å²) < 4.78 is 13.4. The van der Waals surface area contributed by atoms with Gasteiger partial charge < -0.3 is 10.2 Å². The second-order valence-corrected chi connectivity index (χ2v) is 2.96. The molecule has 7 heteroatoms. The first-order chi connectivity index (χ1) is 7.49. The van der Waals surface area contributed by atoms with Gasteiger partial charge in [0.05, 0.1) is 11.0 Å². The third-order valence-electron chi connectivity index (χ3n) is 1.95. The third kappa shape index (κ3) is 2.13. The normalized spacial score (nSPS) is 13.9. The molecule has 0 amide bonds. The molecule has 2 unspecified atom stereocenters. The van der Waals surface area contributed by atoms with Crippen LogP contribution in [-0.4, -0.2) is 21.2 Å². The van der Waals surface area contributed by atoms with Crippen molar-refractivity contribution in [1.82, 2.24) is 0 Å². The van der Waals surface area contributed by atoms with E-state index in [4.69, 9.17) is 10.4 Å². The minimum atomic E-state index is -1.84. The Bertz CT molecular complexity index is 457. The molecule has 0 aliphatic carbocycles. The Labute approximate surface area is 89.3 Å². The smallest absolute Gasteiger partial charge is 0.305 e.